The first kappa shape index (κ1) is 20.9. The number of anilines is 2. The fourth-order valence-electron chi connectivity index (χ4n) is 3.36. The minimum Gasteiger partial charge on any atom is -0.344 e. The summed E-state index contributed by atoms with van der Waals surface area (Å²) in [7, 11) is 0. The highest BCUT2D eigenvalue weighted by Crippen LogP contribution is 2.23. The normalized spacial score (nSPS) is 15.2. The average Bonchev–Trinajstić information content (AvgIpc) is 3.20. The number of unbranched alkanes of at least 4 members (excludes halogenated alkanes) is 1. The summed E-state index contributed by atoms with van der Waals surface area (Å²) in [5.74, 6) is -0.712. The van der Waals surface area contributed by atoms with Crippen molar-refractivity contribution in [1.82, 2.24) is 14.3 Å². The van der Waals surface area contributed by atoms with Crippen molar-refractivity contribution in [3.63, 3.8) is 0 Å². The molecule has 0 aliphatic carbocycles. The molecule has 1 saturated heterocycles. The highest BCUT2D eigenvalue weighted by molar-refractivity contribution is 7.09. The lowest BCUT2D eigenvalue weighted by molar-refractivity contribution is 0.261. The molecule has 28 heavy (non-hydrogen) atoms. The van der Waals surface area contributed by atoms with E-state index in [-0.39, 0.29) is 0 Å². The van der Waals surface area contributed by atoms with Crippen LogP contribution in [0.5, 0.6) is 0 Å². The van der Waals surface area contributed by atoms with Gasteiger partial charge < -0.3 is 9.80 Å². The van der Waals surface area contributed by atoms with E-state index in [0.717, 1.165) is 75.3 Å². The quantitative estimate of drug-likeness (QED) is 0.629. The Bertz CT molecular complexity index is 746. The first-order valence-electron chi connectivity index (χ1n) is 10.1. The highest BCUT2D eigenvalue weighted by Gasteiger charge is 2.21. The van der Waals surface area contributed by atoms with Crippen LogP contribution in [0.1, 0.15) is 32.3 Å². The van der Waals surface area contributed by atoms with Crippen molar-refractivity contribution in [2.45, 2.75) is 33.1 Å². The Morgan fingerprint density at radius 3 is 2.57 bits per heavy atom. The molecule has 154 valence electrons. The zero-order valence-electron chi connectivity index (χ0n) is 16.7. The number of rotatable bonds is 9. The molecule has 1 aliphatic heterocycles. The number of hydrogen-bond donors (Lipinski definition) is 0. The van der Waals surface area contributed by atoms with E-state index in [9.17, 15) is 8.78 Å². The third-order valence-electron chi connectivity index (χ3n) is 5.19. The lowest BCUT2D eigenvalue weighted by atomic mass is 10.1. The molecule has 0 N–H and O–H groups in total. The van der Waals surface area contributed by atoms with Crippen LogP contribution in [0.3, 0.4) is 0 Å². The lowest BCUT2D eigenvalue weighted by Crippen LogP contribution is -2.47. The molecule has 1 aromatic carbocycles. The maximum absolute atomic E-state index is 13.3. The van der Waals surface area contributed by atoms with Crippen LogP contribution in [-0.2, 0) is 6.42 Å². The first-order chi connectivity index (χ1) is 13.6. The SMILES string of the molecule is CCCCN(CC)c1nsc(N2CCN(CCc3ccc(F)c(F)c3)CC2)n1. The molecule has 8 heteroatoms. The second-order valence-electron chi connectivity index (χ2n) is 7.14. The second kappa shape index (κ2) is 10.1. The van der Waals surface area contributed by atoms with Gasteiger partial charge >= 0.3 is 0 Å². The van der Waals surface area contributed by atoms with Crippen molar-refractivity contribution in [2.24, 2.45) is 0 Å². The van der Waals surface area contributed by atoms with Crippen molar-refractivity contribution < 1.29 is 8.78 Å². The van der Waals surface area contributed by atoms with Gasteiger partial charge in [0, 0.05) is 57.3 Å². The van der Waals surface area contributed by atoms with Gasteiger partial charge in [-0.3, -0.25) is 4.90 Å². The van der Waals surface area contributed by atoms with Crippen LogP contribution >= 0.6 is 11.5 Å². The van der Waals surface area contributed by atoms with Crippen molar-refractivity contribution in [2.75, 3.05) is 55.6 Å². The number of benzene rings is 1. The molecular weight excluding hydrogens is 380 g/mol. The predicted octanol–water partition coefficient (Wildman–Crippen LogP) is 3.81. The van der Waals surface area contributed by atoms with E-state index in [0.29, 0.717) is 0 Å². The molecule has 2 heterocycles. The third-order valence-corrected chi connectivity index (χ3v) is 5.96. The standard InChI is InChI=1S/C20H29F2N5S/c1-3-5-9-26(4-2)19-23-20(28-24-19)27-13-11-25(12-14-27)10-8-16-6-7-17(21)18(22)15-16/h6-7,15H,3-5,8-14H2,1-2H3. The molecule has 0 atom stereocenters. The number of hydrogen-bond acceptors (Lipinski definition) is 6. The predicted molar refractivity (Wildman–Crippen MR) is 111 cm³/mol. The van der Waals surface area contributed by atoms with Crippen LogP contribution in [0, 0.1) is 11.6 Å². The Morgan fingerprint density at radius 2 is 1.89 bits per heavy atom. The monoisotopic (exact) mass is 409 g/mol. The molecule has 0 saturated carbocycles. The smallest absolute Gasteiger partial charge is 0.239 e. The summed E-state index contributed by atoms with van der Waals surface area (Å²) < 4.78 is 30.9. The molecule has 1 aliphatic rings. The minimum atomic E-state index is -0.787. The second-order valence-corrected chi connectivity index (χ2v) is 7.87. The van der Waals surface area contributed by atoms with Crippen molar-refractivity contribution in [3.05, 3.63) is 35.4 Å². The van der Waals surface area contributed by atoms with E-state index in [1.165, 1.54) is 30.1 Å². The van der Waals surface area contributed by atoms with E-state index in [2.05, 4.69) is 32.9 Å². The van der Waals surface area contributed by atoms with E-state index in [1.807, 2.05) is 0 Å². The van der Waals surface area contributed by atoms with Gasteiger partial charge in [-0.15, -0.1) is 0 Å². The van der Waals surface area contributed by atoms with Gasteiger partial charge in [-0.1, -0.05) is 19.4 Å². The van der Waals surface area contributed by atoms with Crippen molar-refractivity contribution in [3.8, 4) is 0 Å². The molecule has 0 radical (unpaired) electrons. The Balaban J connectivity index is 1.48. The van der Waals surface area contributed by atoms with Gasteiger partial charge in [-0.2, -0.15) is 9.36 Å². The minimum absolute atomic E-state index is 0.725. The summed E-state index contributed by atoms with van der Waals surface area (Å²) in [5, 5.41) is 0.991. The fourth-order valence-corrected chi connectivity index (χ4v) is 4.10. The Hall–Kier alpha value is -1.80. The molecule has 0 amide bonds. The molecule has 3 rings (SSSR count). The van der Waals surface area contributed by atoms with Crippen molar-refractivity contribution >= 4 is 22.6 Å². The summed E-state index contributed by atoms with van der Waals surface area (Å²) in [4.78, 5) is 11.7. The fraction of sp³-hybridized carbons (Fsp3) is 0.600. The molecule has 0 bridgehead atoms. The molecule has 1 aromatic heterocycles. The zero-order chi connectivity index (χ0) is 19.9. The van der Waals surface area contributed by atoms with Crippen LogP contribution in [-0.4, -0.2) is 60.1 Å². The van der Waals surface area contributed by atoms with Crippen LogP contribution in [0.2, 0.25) is 0 Å². The van der Waals surface area contributed by atoms with Crippen LogP contribution in [0.15, 0.2) is 18.2 Å². The summed E-state index contributed by atoms with van der Waals surface area (Å²) in [6.07, 6.45) is 3.04. The third kappa shape index (κ3) is 5.38. The number of piperazine rings is 1. The van der Waals surface area contributed by atoms with Crippen LogP contribution in [0.4, 0.5) is 19.9 Å². The van der Waals surface area contributed by atoms with Crippen LogP contribution < -0.4 is 9.80 Å². The van der Waals surface area contributed by atoms with Gasteiger partial charge in [-0.25, -0.2) is 8.78 Å². The van der Waals surface area contributed by atoms with E-state index in [1.54, 1.807) is 6.07 Å². The van der Waals surface area contributed by atoms with Gasteiger partial charge in [0.2, 0.25) is 11.1 Å². The van der Waals surface area contributed by atoms with Gasteiger partial charge in [0.15, 0.2) is 11.6 Å². The molecule has 5 nitrogen and oxygen atoms in total. The zero-order valence-corrected chi connectivity index (χ0v) is 17.5. The topological polar surface area (TPSA) is 35.5 Å². The lowest BCUT2D eigenvalue weighted by Gasteiger charge is -2.34. The maximum atomic E-state index is 13.3. The molecule has 1 fully saturated rings. The van der Waals surface area contributed by atoms with Gasteiger partial charge in [0.25, 0.3) is 0 Å². The number of halogens is 2. The molecule has 2 aromatic rings. The summed E-state index contributed by atoms with van der Waals surface area (Å²) in [6.45, 7) is 10.8. The van der Waals surface area contributed by atoms with Crippen LogP contribution in [0.25, 0.3) is 0 Å². The Labute approximate surface area is 170 Å². The highest BCUT2D eigenvalue weighted by atomic mass is 32.1. The molecule has 0 unspecified atom stereocenters. The summed E-state index contributed by atoms with van der Waals surface area (Å²) in [6, 6.07) is 4.16. The molecule has 0 spiro atoms. The largest absolute Gasteiger partial charge is 0.344 e. The number of nitrogens with zero attached hydrogens (tertiary/aromatic N) is 5. The Morgan fingerprint density at radius 1 is 1.11 bits per heavy atom. The summed E-state index contributed by atoms with van der Waals surface area (Å²) >= 11 is 1.48. The van der Waals surface area contributed by atoms with Gasteiger partial charge in [0.05, 0.1) is 0 Å². The van der Waals surface area contributed by atoms with Gasteiger partial charge in [-0.05, 0) is 37.5 Å². The number of aromatic nitrogens is 2. The average molecular weight is 410 g/mol. The van der Waals surface area contributed by atoms with Gasteiger partial charge in [0.1, 0.15) is 0 Å². The van der Waals surface area contributed by atoms with E-state index >= 15 is 0 Å². The summed E-state index contributed by atoms with van der Waals surface area (Å²) in [5.41, 5.74) is 0.835. The first-order valence-corrected chi connectivity index (χ1v) is 10.9. The maximum Gasteiger partial charge on any atom is 0.239 e. The molecular formula is C20H29F2N5S. The van der Waals surface area contributed by atoms with Crippen molar-refractivity contribution in [1.29, 1.82) is 0 Å². The van der Waals surface area contributed by atoms with E-state index < -0.39 is 11.6 Å². The Kier molecular flexibility index (Phi) is 7.56. The van der Waals surface area contributed by atoms with E-state index in [4.69, 9.17) is 4.98 Å².